The Hall–Kier alpha value is -2.84. The molecule has 1 aromatic carbocycles. The fourth-order valence-electron chi connectivity index (χ4n) is 5.46. The molecule has 5 atom stereocenters. The van der Waals surface area contributed by atoms with Crippen LogP contribution in [-0.4, -0.2) is 113 Å². The molecule has 1 unspecified atom stereocenters. The van der Waals surface area contributed by atoms with Crippen molar-refractivity contribution in [2.24, 2.45) is 0 Å². The van der Waals surface area contributed by atoms with Crippen LogP contribution in [0.5, 0.6) is 0 Å². The number of carbonyl (C=O) groups excluding carboxylic acids is 1. The summed E-state index contributed by atoms with van der Waals surface area (Å²) in [4.78, 5) is 18.0. The number of cyclic esters (lactones) is 1. The molecular weight excluding hydrogens is 511 g/mol. The van der Waals surface area contributed by atoms with E-state index in [4.69, 9.17) is 14.2 Å². The molecule has 13 heteroatoms. The summed E-state index contributed by atoms with van der Waals surface area (Å²) in [5.41, 5.74) is 1.77. The number of nitrogens with zero attached hydrogens (tertiary/aromatic N) is 6. The second-order valence-electron chi connectivity index (χ2n) is 10.5. The largest absolute Gasteiger partial charge is 0.442 e. The second kappa shape index (κ2) is 12.1. The lowest BCUT2D eigenvalue weighted by Gasteiger charge is -2.40. The van der Waals surface area contributed by atoms with Crippen LogP contribution in [0.15, 0.2) is 24.4 Å². The number of ether oxygens (including phenoxy) is 3. The molecule has 5 rings (SSSR count). The molecule has 3 saturated heterocycles. The fourth-order valence-corrected chi connectivity index (χ4v) is 5.46. The first-order valence-corrected chi connectivity index (χ1v) is 13.5. The first-order chi connectivity index (χ1) is 18.8. The van der Waals surface area contributed by atoms with E-state index in [0.29, 0.717) is 63.6 Å². The van der Waals surface area contributed by atoms with Gasteiger partial charge in [-0.2, -0.15) is 0 Å². The number of aliphatic hydroxyl groups excluding tert-OH is 2. The summed E-state index contributed by atoms with van der Waals surface area (Å²) in [5.74, 6) is -0.380. The van der Waals surface area contributed by atoms with Gasteiger partial charge in [-0.1, -0.05) is 5.21 Å². The van der Waals surface area contributed by atoms with E-state index in [0.717, 1.165) is 12.1 Å². The highest BCUT2D eigenvalue weighted by molar-refractivity contribution is 5.90. The number of likely N-dealkylation sites (N-methyl/N-ethyl adjacent to an activating group) is 1. The molecule has 2 N–H and O–H groups in total. The van der Waals surface area contributed by atoms with E-state index < -0.39 is 24.6 Å². The number of morpholine rings is 1. The summed E-state index contributed by atoms with van der Waals surface area (Å²) >= 11 is 0. The summed E-state index contributed by atoms with van der Waals surface area (Å²) in [6, 6.07) is 4.63. The zero-order valence-corrected chi connectivity index (χ0v) is 22.4. The van der Waals surface area contributed by atoms with Gasteiger partial charge in [-0.3, -0.25) is 4.90 Å². The number of aryl methyl sites for hydroxylation is 1. The molecule has 3 aliphatic rings. The van der Waals surface area contributed by atoms with Gasteiger partial charge >= 0.3 is 6.09 Å². The lowest BCUT2D eigenvalue weighted by molar-refractivity contribution is -0.231. The monoisotopic (exact) mass is 548 g/mol. The Morgan fingerprint density at radius 1 is 1.23 bits per heavy atom. The minimum Gasteiger partial charge on any atom is -0.442 e. The van der Waals surface area contributed by atoms with Gasteiger partial charge in [-0.25, -0.2) is 13.9 Å². The van der Waals surface area contributed by atoms with Gasteiger partial charge in [0.15, 0.2) is 6.29 Å². The van der Waals surface area contributed by atoms with Crippen LogP contribution in [-0.2, 0) is 27.2 Å². The molecule has 0 saturated carbocycles. The lowest BCUT2D eigenvalue weighted by atomic mass is 9.98. The molecule has 3 aliphatic heterocycles. The standard InChI is InChI=1S/C26H37FN6O6/c1-17-12-23(24(34)25(35)38-17)30(2)7-3-4-18-14-32(29-28-18)15-20-16-33(26(36)39-20)19-5-6-22(21(27)13-19)31-8-10-37-11-9-31/h5-6,13-14,17,20,23-25,34-35H,3-4,7-12,15-16H2,1-2H3/t17-,20+,23+,24-,25?/m1/s1. The van der Waals surface area contributed by atoms with Crippen molar-refractivity contribution < 1.29 is 33.6 Å². The Balaban J connectivity index is 1.10. The summed E-state index contributed by atoms with van der Waals surface area (Å²) in [6.45, 7) is 5.60. The summed E-state index contributed by atoms with van der Waals surface area (Å²) in [6.07, 6.45) is 0.768. The Kier molecular flexibility index (Phi) is 8.62. The maximum atomic E-state index is 14.9. The highest BCUT2D eigenvalue weighted by Crippen LogP contribution is 2.29. The highest BCUT2D eigenvalue weighted by Gasteiger charge is 2.37. The van der Waals surface area contributed by atoms with E-state index in [2.05, 4.69) is 10.3 Å². The Labute approximate surface area is 226 Å². The minimum absolute atomic E-state index is 0.121. The van der Waals surface area contributed by atoms with Gasteiger partial charge in [0.1, 0.15) is 18.0 Å². The zero-order valence-electron chi connectivity index (χ0n) is 22.4. The third-order valence-electron chi connectivity index (χ3n) is 7.59. The first kappa shape index (κ1) is 27.7. The number of benzene rings is 1. The van der Waals surface area contributed by atoms with Crippen LogP contribution < -0.4 is 9.80 Å². The van der Waals surface area contributed by atoms with Crippen LogP contribution in [0.2, 0.25) is 0 Å². The number of aliphatic hydroxyl groups is 2. The van der Waals surface area contributed by atoms with Crippen LogP contribution in [0, 0.1) is 5.82 Å². The van der Waals surface area contributed by atoms with Gasteiger partial charge in [0.05, 0.1) is 49.5 Å². The van der Waals surface area contributed by atoms with Gasteiger partial charge in [0.2, 0.25) is 0 Å². The maximum absolute atomic E-state index is 14.9. The normalized spacial score (nSPS) is 27.8. The first-order valence-electron chi connectivity index (χ1n) is 13.5. The predicted molar refractivity (Wildman–Crippen MR) is 139 cm³/mol. The average molecular weight is 549 g/mol. The van der Waals surface area contributed by atoms with E-state index in [1.807, 2.05) is 30.0 Å². The molecule has 1 aromatic heterocycles. The second-order valence-corrected chi connectivity index (χ2v) is 10.5. The smallest absolute Gasteiger partial charge is 0.414 e. The van der Waals surface area contributed by atoms with E-state index in [-0.39, 0.29) is 24.5 Å². The number of rotatable bonds is 9. The van der Waals surface area contributed by atoms with Gasteiger partial charge in [-0.05, 0) is 58.0 Å². The number of amides is 1. The molecule has 214 valence electrons. The van der Waals surface area contributed by atoms with Crippen molar-refractivity contribution in [1.29, 1.82) is 0 Å². The molecule has 3 fully saturated rings. The Morgan fingerprint density at radius 3 is 2.79 bits per heavy atom. The van der Waals surface area contributed by atoms with Crippen molar-refractivity contribution in [3.63, 3.8) is 0 Å². The molecule has 1 amide bonds. The topological polar surface area (TPSA) is 126 Å². The quantitative estimate of drug-likeness (QED) is 0.469. The van der Waals surface area contributed by atoms with E-state index in [1.54, 1.807) is 16.8 Å². The van der Waals surface area contributed by atoms with Crippen LogP contribution in [0.1, 0.15) is 25.5 Å². The van der Waals surface area contributed by atoms with Gasteiger partial charge < -0.3 is 34.2 Å². The predicted octanol–water partition coefficient (Wildman–Crippen LogP) is 1.00. The SMILES string of the molecule is C[C@@H]1C[C@H](N(C)CCCc2cn(C[C@H]3CN(c4ccc(N5CCOCC5)c(F)c4)C(=O)O3)nn2)[C@@H](O)C(O)O1. The van der Waals surface area contributed by atoms with Crippen LogP contribution in [0.25, 0.3) is 0 Å². The Morgan fingerprint density at radius 2 is 2.03 bits per heavy atom. The van der Waals surface area contributed by atoms with Crippen molar-refractivity contribution in [1.82, 2.24) is 19.9 Å². The number of halogens is 1. The molecule has 2 aromatic rings. The molecule has 4 heterocycles. The van der Waals surface area contributed by atoms with E-state index >= 15 is 0 Å². The van der Waals surface area contributed by atoms with E-state index in [1.165, 1.54) is 11.0 Å². The lowest BCUT2D eigenvalue weighted by Crippen LogP contribution is -2.54. The number of anilines is 2. The molecule has 0 spiro atoms. The third kappa shape index (κ3) is 6.49. The Bertz CT molecular complexity index is 1130. The van der Waals surface area contributed by atoms with Gasteiger partial charge in [0, 0.05) is 25.3 Å². The summed E-state index contributed by atoms with van der Waals surface area (Å²) < 4.78 is 32.7. The van der Waals surface area contributed by atoms with Gasteiger partial charge in [0.25, 0.3) is 0 Å². The minimum atomic E-state index is -1.17. The number of carbonyl (C=O) groups is 1. The summed E-state index contributed by atoms with van der Waals surface area (Å²) in [7, 11) is 1.93. The molecule has 39 heavy (non-hydrogen) atoms. The van der Waals surface area contributed by atoms with Crippen LogP contribution in [0.4, 0.5) is 20.6 Å². The number of hydrogen-bond donors (Lipinski definition) is 2. The fraction of sp³-hybridized carbons (Fsp3) is 0.654. The van der Waals surface area contributed by atoms with Crippen LogP contribution in [0.3, 0.4) is 0 Å². The molecular formula is C26H37FN6O6. The zero-order chi connectivity index (χ0) is 27.5. The molecule has 12 nitrogen and oxygen atoms in total. The van der Waals surface area contributed by atoms with Crippen molar-refractivity contribution in [2.45, 2.75) is 63.4 Å². The van der Waals surface area contributed by atoms with Crippen molar-refractivity contribution >= 4 is 17.5 Å². The maximum Gasteiger partial charge on any atom is 0.414 e. The van der Waals surface area contributed by atoms with E-state index in [9.17, 15) is 19.4 Å². The molecule has 0 radical (unpaired) electrons. The molecule has 0 aliphatic carbocycles. The third-order valence-corrected chi connectivity index (χ3v) is 7.59. The van der Waals surface area contributed by atoms with Gasteiger partial charge in [-0.15, -0.1) is 5.10 Å². The van der Waals surface area contributed by atoms with Crippen molar-refractivity contribution in [3.05, 3.63) is 35.9 Å². The molecule has 0 bridgehead atoms. The van der Waals surface area contributed by atoms with Crippen molar-refractivity contribution in [3.8, 4) is 0 Å². The number of hydrogen-bond acceptors (Lipinski definition) is 10. The highest BCUT2D eigenvalue weighted by atomic mass is 19.1. The summed E-state index contributed by atoms with van der Waals surface area (Å²) in [5, 5.41) is 28.6. The van der Waals surface area contributed by atoms with Crippen molar-refractivity contribution in [2.75, 3.05) is 56.2 Å². The van der Waals surface area contributed by atoms with Crippen LogP contribution >= 0.6 is 0 Å². The average Bonchev–Trinajstić information content (AvgIpc) is 3.52. The number of aromatic nitrogens is 3.